The van der Waals surface area contributed by atoms with Crippen molar-refractivity contribution in [2.75, 3.05) is 39.4 Å². The van der Waals surface area contributed by atoms with Gasteiger partial charge in [0, 0.05) is 26.3 Å². The summed E-state index contributed by atoms with van der Waals surface area (Å²) >= 11 is 0. The molecule has 0 aliphatic carbocycles. The number of rotatable bonds is 7. The molecule has 1 amide bonds. The van der Waals surface area contributed by atoms with Crippen molar-refractivity contribution in [2.24, 2.45) is 5.92 Å². The number of carbonyl (C=O) groups is 1. The highest BCUT2D eigenvalue weighted by Crippen LogP contribution is 2.13. The first kappa shape index (κ1) is 18.2. The number of nitrogens with zero attached hydrogens (tertiary/aromatic N) is 1. The maximum absolute atomic E-state index is 12.0. The summed E-state index contributed by atoms with van der Waals surface area (Å²) in [5.41, 5.74) is -0.425. The molecular formula is C16H32N2O3. The van der Waals surface area contributed by atoms with E-state index in [1.165, 1.54) is 0 Å². The smallest absolute Gasteiger partial charge is 0.410 e. The Balaban J connectivity index is 2.12. The van der Waals surface area contributed by atoms with Crippen LogP contribution in [0.2, 0.25) is 0 Å². The van der Waals surface area contributed by atoms with Crippen molar-refractivity contribution in [1.29, 1.82) is 0 Å². The van der Waals surface area contributed by atoms with E-state index in [2.05, 4.69) is 5.32 Å². The number of ether oxygens (including phenoxy) is 2. The third-order valence-electron chi connectivity index (χ3n) is 3.59. The molecule has 124 valence electrons. The topological polar surface area (TPSA) is 50.8 Å². The van der Waals surface area contributed by atoms with E-state index in [9.17, 15) is 4.79 Å². The second-order valence-electron chi connectivity index (χ2n) is 6.67. The van der Waals surface area contributed by atoms with Crippen LogP contribution in [0.5, 0.6) is 0 Å². The molecule has 21 heavy (non-hydrogen) atoms. The SMILES string of the molecule is CCN(CCCNCC1CCOCC1)C(=O)OC(C)(C)C. The zero-order valence-electron chi connectivity index (χ0n) is 14.1. The first-order valence-electron chi connectivity index (χ1n) is 8.18. The maximum Gasteiger partial charge on any atom is 0.410 e. The van der Waals surface area contributed by atoms with Crippen LogP contribution in [0, 0.1) is 5.92 Å². The monoisotopic (exact) mass is 300 g/mol. The van der Waals surface area contributed by atoms with Crippen molar-refractivity contribution in [2.45, 2.75) is 52.6 Å². The maximum atomic E-state index is 12.0. The molecule has 1 saturated heterocycles. The summed E-state index contributed by atoms with van der Waals surface area (Å²) < 4.78 is 10.7. The molecule has 1 heterocycles. The molecular weight excluding hydrogens is 268 g/mol. The van der Waals surface area contributed by atoms with Gasteiger partial charge in [-0.1, -0.05) is 0 Å². The Hall–Kier alpha value is -0.810. The molecule has 0 radical (unpaired) electrons. The minimum atomic E-state index is -0.425. The van der Waals surface area contributed by atoms with E-state index in [4.69, 9.17) is 9.47 Å². The summed E-state index contributed by atoms with van der Waals surface area (Å²) in [7, 11) is 0. The van der Waals surface area contributed by atoms with E-state index in [0.29, 0.717) is 6.54 Å². The Labute approximate surface area is 129 Å². The van der Waals surface area contributed by atoms with Gasteiger partial charge in [-0.25, -0.2) is 4.79 Å². The fraction of sp³-hybridized carbons (Fsp3) is 0.938. The molecule has 0 bridgehead atoms. The van der Waals surface area contributed by atoms with Gasteiger partial charge in [0.15, 0.2) is 0 Å². The van der Waals surface area contributed by atoms with Gasteiger partial charge in [0.05, 0.1) is 0 Å². The summed E-state index contributed by atoms with van der Waals surface area (Å²) in [6, 6.07) is 0. The van der Waals surface area contributed by atoms with Crippen LogP contribution in [0.4, 0.5) is 4.79 Å². The number of hydrogen-bond acceptors (Lipinski definition) is 4. The molecule has 5 heteroatoms. The van der Waals surface area contributed by atoms with Crippen LogP contribution in [0.3, 0.4) is 0 Å². The van der Waals surface area contributed by atoms with Crippen molar-refractivity contribution >= 4 is 6.09 Å². The standard InChI is InChI=1S/C16H32N2O3/c1-5-18(15(19)21-16(2,3)4)10-6-9-17-13-14-7-11-20-12-8-14/h14,17H,5-13H2,1-4H3. The molecule has 0 unspecified atom stereocenters. The van der Waals surface area contributed by atoms with Crippen LogP contribution < -0.4 is 5.32 Å². The van der Waals surface area contributed by atoms with E-state index >= 15 is 0 Å². The zero-order valence-corrected chi connectivity index (χ0v) is 14.1. The van der Waals surface area contributed by atoms with E-state index in [1.54, 1.807) is 4.90 Å². The average molecular weight is 300 g/mol. The highest BCUT2D eigenvalue weighted by Gasteiger charge is 2.20. The van der Waals surface area contributed by atoms with E-state index in [1.807, 2.05) is 27.7 Å². The molecule has 0 saturated carbocycles. The van der Waals surface area contributed by atoms with Gasteiger partial charge in [-0.05, 0) is 66.0 Å². The highest BCUT2D eigenvalue weighted by molar-refractivity contribution is 5.68. The fourth-order valence-corrected chi connectivity index (χ4v) is 2.36. The van der Waals surface area contributed by atoms with Gasteiger partial charge in [0.1, 0.15) is 5.60 Å². The lowest BCUT2D eigenvalue weighted by atomic mass is 10.0. The summed E-state index contributed by atoms with van der Waals surface area (Å²) in [4.78, 5) is 13.7. The molecule has 5 nitrogen and oxygen atoms in total. The normalized spacial score (nSPS) is 16.8. The van der Waals surface area contributed by atoms with Gasteiger partial charge in [-0.3, -0.25) is 0 Å². The van der Waals surface area contributed by atoms with Crippen molar-refractivity contribution in [1.82, 2.24) is 10.2 Å². The van der Waals surface area contributed by atoms with Crippen LogP contribution in [0.25, 0.3) is 0 Å². The molecule has 0 spiro atoms. The Morgan fingerprint density at radius 2 is 2.00 bits per heavy atom. The third kappa shape index (κ3) is 8.27. The third-order valence-corrected chi connectivity index (χ3v) is 3.59. The summed E-state index contributed by atoms with van der Waals surface area (Å²) in [6.07, 6.45) is 3.06. The van der Waals surface area contributed by atoms with Crippen LogP contribution in [-0.4, -0.2) is 56.0 Å². The van der Waals surface area contributed by atoms with Gasteiger partial charge in [0.2, 0.25) is 0 Å². The number of amides is 1. The summed E-state index contributed by atoms with van der Waals surface area (Å²) in [5, 5.41) is 3.49. The minimum Gasteiger partial charge on any atom is -0.444 e. The minimum absolute atomic E-state index is 0.213. The second kappa shape index (κ2) is 9.26. The lowest BCUT2D eigenvalue weighted by molar-refractivity contribution is 0.0257. The van der Waals surface area contributed by atoms with Crippen molar-refractivity contribution < 1.29 is 14.3 Å². The lowest BCUT2D eigenvalue weighted by Gasteiger charge is -2.26. The Bertz CT molecular complexity index is 296. The van der Waals surface area contributed by atoms with Crippen LogP contribution in [0.15, 0.2) is 0 Å². The molecule has 1 fully saturated rings. The molecule has 0 aromatic rings. The van der Waals surface area contributed by atoms with Crippen LogP contribution in [0.1, 0.15) is 47.0 Å². The van der Waals surface area contributed by atoms with Gasteiger partial charge in [-0.15, -0.1) is 0 Å². The predicted octanol–water partition coefficient (Wildman–Crippen LogP) is 2.65. The van der Waals surface area contributed by atoms with Crippen molar-refractivity contribution in [3.8, 4) is 0 Å². The van der Waals surface area contributed by atoms with E-state index in [-0.39, 0.29) is 6.09 Å². The van der Waals surface area contributed by atoms with Gasteiger partial charge < -0.3 is 19.7 Å². The number of nitrogens with one attached hydrogen (secondary N) is 1. The van der Waals surface area contributed by atoms with Crippen molar-refractivity contribution in [3.05, 3.63) is 0 Å². The Morgan fingerprint density at radius 3 is 2.57 bits per heavy atom. The highest BCUT2D eigenvalue weighted by atomic mass is 16.6. The van der Waals surface area contributed by atoms with Gasteiger partial charge in [-0.2, -0.15) is 0 Å². The van der Waals surface area contributed by atoms with Crippen LogP contribution in [-0.2, 0) is 9.47 Å². The molecule has 0 atom stereocenters. The van der Waals surface area contributed by atoms with Crippen LogP contribution >= 0.6 is 0 Å². The van der Waals surface area contributed by atoms with Crippen molar-refractivity contribution in [3.63, 3.8) is 0 Å². The second-order valence-corrected chi connectivity index (χ2v) is 6.67. The molecule has 0 aromatic heterocycles. The summed E-state index contributed by atoms with van der Waals surface area (Å²) in [5.74, 6) is 0.742. The fourth-order valence-electron chi connectivity index (χ4n) is 2.36. The average Bonchev–Trinajstić information content (AvgIpc) is 2.42. The zero-order chi connectivity index (χ0) is 15.7. The molecule has 1 rings (SSSR count). The largest absolute Gasteiger partial charge is 0.444 e. The number of hydrogen-bond donors (Lipinski definition) is 1. The quantitative estimate of drug-likeness (QED) is 0.734. The molecule has 1 N–H and O–H groups in total. The molecule has 1 aliphatic heterocycles. The lowest BCUT2D eigenvalue weighted by Crippen LogP contribution is -2.38. The first-order chi connectivity index (χ1) is 9.92. The Morgan fingerprint density at radius 1 is 1.33 bits per heavy atom. The van der Waals surface area contributed by atoms with E-state index in [0.717, 1.165) is 58.0 Å². The summed E-state index contributed by atoms with van der Waals surface area (Å²) in [6.45, 7) is 12.9. The first-order valence-corrected chi connectivity index (χ1v) is 8.18. The number of carbonyl (C=O) groups excluding carboxylic acids is 1. The molecule has 0 aromatic carbocycles. The predicted molar refractivity (Wildman–Crippen MR) is 84.5 cm³/mol. The van der Waals surface area contributed by atoms with Gasteiger partial charge >= 0.3 is 6.09 Å². The Kier molecular flexibility index (Phi) is 8.04. The van der Waals surface area contributed by atoms with E-state index < -0.39 is 5.60 Å². The van der Waals surface area contributed by atoms with Gasteiger partial charge in [0.25, 0.3) is 0 Å². The molecule has 1 aliphatic rings.